The molecule has 0 spiro atoms. The van der Waals surface area contributed by atoms with Crippen LogP contribution in [0.3, 0.4) is 0 Å². The van der Waals surface area contributed by atoms with E-state index >= 15 is 0 Å². The van der Waals surface area contributed by atoms with Gasteiger partial charge in [0.15, 0.2) is 6.61 Å². The summed E-state index contributed by atoms with van der Waals surface area (Å²) in [4.78, 5) is 35.8. The molecule has 0 fully saturated rings. The highest BCUT2D eigenvalue weighted by Gasteiger charge is 2.11. The van der Waals surface area contributed by atoms with Crippen LogP contribution in [0.15, 0.2) is 46.9 Å². The van der Waals surface area contributed by atoms with E-state index in [0.717, 1.165) is 27.7 Å². The third-order valence-electron chi connectivity index (χ3n) is 4.28. The Labute approximate surface area is 179 Å². The van der Waals surface area contributed by atoms with Crippen molar-refractivity contribution in [3.05, 3.63) is 58.1 Å². The minimum absolute atomic E-state index is 0.0768. The molecule has 2 amide bonds. The summed E-state index contributed by atoms with van der Waals surface area (Å²) in [7, 11) is 0. The highest BCUT2D eigenvalue weighted by atomic mass is 79.9. The molecular weight excluding hydrogens is 436 g/mol. The number of carbonyl (C=O) groups excluding carboxylic acids is 3. The predicted octanol–water partition coefficient (Wildman–Crippen LogP) is 4.61. The first-order valence-electron chi connectivity index (χ1n) is 9.48. The Hall–Kier alpha value is -2.67. The van der Waals surface area contributed by atoms with Gasteiger partial charge in [-0.15, -0.1) is 0 Å². The second-order valence-corrected chi connectivity index (χ2v) is 7.50. The van der Waals surface area contributed by atoms with Crippen molar-refractivity contribution >= 4 is 45.1 Å². The number of esters is 1. The summed E-state index contributed by atoms with van der Waals surface area (Å²) < 4.78 is 5.90. The van der Waals surface area contributed by atoms with Crippen LogP contribution in [0.5, 0.6) is 0 Å². The second kappa shape index (κ2) is 11.4. The molecule has 0 aliphatic rings. The standard InChI is InChI=1S/C22H25BrN2O4/c1-3-16-7-4-5-8-19(16)25-20(26)9-6-10-22(28)29-14-21(27)24-18-12-11-17(23)13-15(18)2/h4-5,7-8,11-13H,3,6,9-10,14H2,1-2H3,(H,24,27)(H,25,26). The van der Waals surface area contributed by atoms with Crippen molar-refractivity contribution < 1.29 is 19.1 Å². The fourth-order valence-corrected chi connectivity index (χ4v) is 3.20. The number of carbonyl (C=O) groups is 3. The summed E-state index contributed by atoms with van der Waals surface area (Å²) in [5.74, 6) is -1.06. The van der Waals surface area contributed by atoms with Gasteiger partial charge in [0.25, 0.3) is 5.91 Å². The molecule has 0 bridgehead atoms. The zero-order valence-corrected chi connectivity index (χ0v) is 18.2. The topological polar surface area (TPSA) is 84.5 Å². The summed E-state index contributed by atoms with van der Waals surface area (Å²) >= 11 is 3.36. The quantitative estimate of drug-likeness (QED) is 0.535. The van der Waals surface area contributed by atoms with E-state index in [-0.39, 0.29) is 25.4 Å². The minimum atomic E-state index is -0.505. The maximum absolute atomic E-state index is 12.1. The average Bonchev–Trinajstić information content (AvgIpc) is 2.69. The molecule has 0 saturated carbocycles. The molecule has 0 saturated heterocycles. The zero-order valence-electron chi connectivity index (χ0n) is 16.6. The summed E-state index contributed by atoms with van der Waals surface area (Å²) in [6, 6.07) is 13.1. The first kappa shape index (κ1) is 22.6. The molecule has 0 aliphatic heterocycles. The molecule has 2 N–H and O–H groups in total. The van der Waals surface area contributed by atoms with Crippen LogP contribution in [0.2, 0.25) is 0 Å². The molecule has 2 aromatic rings. The van der Waals surface area contributed by atoms with E-state index in [0.29, 0.717) is 12.1 Å². The molecule has 2 aromatic carbocycles. The summed E-state index contributed by atoms with van der Waals surface area (Å²) in [6.45, 7) is 3.54. The number of aryl methyl sites for hydroxylation is 2. The number of hydrogen-bond acceptors (Lipinski definition) is 4. The Bertz CT molecular complexity index is 883. The Morgan fingerprint density at radius 3 is 2.41 bits per heavy atom. The number of benzene rings is 2. The van der Waals surface area contributed by atoms with Gasteiger partial charge in [-0.2, -0.15) is 0 Å². The largest absolute Gasteiger partial charge is 0.456 e. The van der Waals surface area contributed by atoms with E-state index in [9.17, 15) is 14.4 Å². The molecule has 154 valence electrons. The summed E-state index contributed by atoms with van der Waals surface area (Å²) in [5.41, 5.74) is 3.42. The Kier molecular flexibility index (Phi) is 8.86. The SMILES string of the molecule is CCc1ccccc1NC(=O)CCCC(=O)OCC(=O)Nc1ccc(Br)cc1C. The van der Waals surface area contributed by atoms with Crippen LogP contribution < -0.4 is 10.6 Å². The minimum Gasteiger partial charge on any atom is -0.456 e. The van der Waals surface area contributed by atoms with E-state index in [1.807, 2.05) is 50.2 Å². The fourth-order valence-electron chi connectivity index (χ4n) is 2.73. The van der Waals surface area contributed by atoms with Crippen molar-refractivity contribution in [1.82, 2.24) is 0 Å². The normalized spacial score (nSPS) is 10.3. The number of anilines is 2. The van der Waals surface area contributed by atoms with Gasteiger partial charge in [0.05, 0.1) is 0 Å². The van der Waals surface area contributed by atoms with Gasteiger partial charge in [-0.05, 0) is 55.2 Å². The number of nitrogens with one attached hydrogen (secondary N) is 2. The van der Waals surface area contributed by atoms with Crippen LogP contribution >= 0.6 is 15.9 Å². The molecule has 2 rings (SSSR count). The third-order valence-corrected chi connectivity index (χ3v) is 4.78. The molecule has 0 atom stereocenters. The van der Waals surface area contributed by atoms with Gasteiger partial charge in [0, 0.05) is 28.7 Å². The lowest BCUT2D eigenvalue weighted by molar-refractivity contribution is -0.147. The Morgan fingerprint density at radius 1 is 0.966 bits per heavy atom. The van der Waals surface area contributed by atoms with Crippen LogP contribution in [0, 0.1) is 6.92 Å². The van der Waals surface area contributed by atoms with Crippen molar-refractivity contribution in [3.63, 3.8) is 0 Å². The Morgan fingerprint density at radius 2 is 1.69 bits per heavy atom. The van der Waals surface area contributed by atoms with Crippen LogP contribution in [0.4, 0.5) is 11.4 Å². The molecule has 0 heterocycles. The number of rotatable bonds is 9. The van der Waals surface area contributed by atoms with Gasteiger partial charge in [0.2, 0.25) is 5.91 Å². The van der Waals surface area contributed by atoms with Crippen LogP contribution in [0.1, 0.15) is 37.3 Å². The van der Waals surface area contributed by atoms with Gasteiger partial charge >= 0.3 is 5.97 Å². The lowest BCUT2D eigenvalue weighted by Gasteiger charge is -2.10. The van der Waals surface area contributed by atoms with Crippen molar-refractivity contribution in [2.75, 3.05) is 17.2 Å². The monoisotopic (exact) mass is 460 g/mol. The average molecular weight is 461 g/mol. The predicted molar refractivity (Wildman–Crippen MR) is 117 cm³/mol. The van der Waals surface area contributed by atoms with Crippen LogP contribution in [-0.2, 0) is 25.5 Å². The number of para-hydroxylation sites is 1. The molecule has 6 nitrogen and oxygen atoms in total. The number of halogens is 1. The summed E-state index contributed by atoms with van der Waals surface area (Å²) in [5, 5.41) is 5.57. The molecule has 7 heteroatoms. The number of ether oxygens (including phenoxy) is 1. The molecule has 0 aliphatic carbocycles. The highest BCUT2D eigenvalue weighted by Crippen LogP contribution is 2.20. The highest BCUT2D eigenvalue weighted by molar-refractivity contribution is 9.10. The lowest BCUT2D eigenvalue weighted by atomic mass is 10.1. The maximum atomic E-state index is 12.1. The van der Waals surface area contributed by atoms with E-state index < -0.39 is 11.9 Å². The van der Waals surface area contributed by atoms with Gasteiger partial charge in [-0.3, -0.25) is 14.4 Å². The third kappa shape index (κ3) is 7.69. The van der Waals surface area contributed by atoms with Crippen molar-refractivity contribution in [1.29, 1.82) is 0 Å². The number of hydrogen-bond donors (Lipinski definition) is 2. The van der Waals surface area contributed by atoms with Gasteiger partial charge < -0.3 is 15.4 Å². The molecule has 0 radical (unpaired) electrons. The van der Waals surface area contributed by atoms with E-state index in [1.54, 1.807) is 6.07 Å². The summed E-state index contributed by atoms with van der Waals surface area (Å²) in [6.07, 6.45) is 1.46. The fraction of sp³-hybridized carbons (Fsp3) is 0.318. The van der Waals surface area contributed by atoms with E-state index in [1.165, 1.54) is 0 Å². The van der Waals surface area contributed by atoms with Crippen LogP contribution in [0.25, 0.3) is 0 Å². The van der Waals surface area contributed by atoms with E-state index in [4.69, 9.17) is 4.74 Å². The first-order chi connectivity index (χ1) is 13.9. The van der Waals surface area contributed by atoms with Crippen molar-refractivity contribution in [2.45, 2.75) is 39.5 Å². The maximum Gasteiger partial charge on any atom is 0.306 e. The van der Waals surface area contributed by atoms with Gasteiger partial charge in [-0.25, -0.2) is 0 Å². The second-order valence-electron chi connectivity index (χ2n) is 6.58. The van der Waals surface area contributed by atoms with E-state index in [2.05, 4.69) is 26.6 Å². The Balaban J connectivity index is 1.67. The van der Waals surface area contributed by atoms with Crippen molar-refractivity contribution in [2.24, 2.45) is 0 Å². The van der Waals surface area contributed by atoms with Crippen LogP contribution in [-0.4, -0.2) is 24.4 Å². The molecule has 0 unspecified atom stereocenters. The molecule has 0 aromatic heterocycles. The lowest BCUT2D eigenvalue weighted by Crippen LogP contribution is -2.21. The molecule has 29 heavy (non-hydrogen) atoms. The first-order valence-corrected chi connectivity index (χ1v) is 10.3. The molecular formula is C22H25BrN2O4. The zero-order chi connectivity index (χ0) is 21.2. The van der Waals surface area contributed by atoms with Crippen molar-refractivity contribution in [3.8, 4) is 0 Å². The van der Waals surface area contributed by atoms with Gasteiger partial charge in [-0.1, -0.05) is 41.1 Å². The number of amides is 2. The smallest absolute Gasteiger partial charge is 0.306 e. The van der Waals surface area contributed by atoms with Gasteiger partial charge in [0.1, 0.15) is 0 Å².